The molecule has 18 heavy (non-hydrogen) atoms. The minimum atomic E-state index is -0.192. The maximum atomic E-state index is 11.5. The van der Waals surface area contributed by atoms with E-state index in [1.54, 1.807) is 10.9 Å². The van der Waals surface area contributed by atoms with Gasteiger partial charge in [-0.05, 0) is 19.3 Å². The molecule has 1 rings (SSSR count). The predicted octanol–water partition coefficient (Wildman–Crippen LogP) is 0.546. The molecule has 0 aliphatic rings. The quantitative estimate of drug-likeness (QED) is 0.693. The van der Waals surface area contributed by atoms with Crippen LogP contribution in [0.25, 0.3) is 0 Å². The maximum absolute atomic E-state index is 11.5. The van der Waals surface area contributed by atoms with Crippen LogP contribution in [-0.2, 0) is 13.6 Å². The first-order valence-corrected chi connectivity index (χ1v) is 6.14. The van der Waals surface area contributed by atoms with E-state index in [0.717, 1.165) is 11.3 Å². The highest BCUT2D eigenvalue weighted by Gasteiger charge is 2.07. The molecule has 0 radical (unpaired) electrons. The van der Waals surface area contributed by atoms with Crippen LogP contribution in [0.3, 0.4) is 0 Å². The van der Waals surface area contributed by atoms with Gasteiger partial charge in [-0.25, -0.2) is 4.79 Å². The molecule has 1 heterocycles. The lowest BCUT2D eigenvalue weighted by atomic mass is 10.1. The summed E-state index contributed by atoms with van der Waals surface area (Å²) in [6, 6.07) is -0.192. The van der Waals surface area contributed by atoms with Crippen molar-refractivity contribution in [2.75, 3.05) is 13.2 Å². The Bertz CT molecular complexity index is 389. The standard InChI is InChI=1S/C12H22N4O2/c1-9(4-5-17)6-13-12(18)14-7-11-8-15-16(3)10(11)2/h8-9,17H,4-7H2,1-3H3,(H2,13,14,18). The van der Waals surface area contributed by atoms with Crippen molar-refractivity contribution in [1.82, 2.24) is 20.4 Å². The zero-order chi connectivity index (χ0) is 13.5. The highest BCUT2D eigenvalue weighted by Crippen LogP contribution is 2.04. The van der Waals surface area contributed by atoms with Crippen molar-refractivity contribution in [1.29, 1.82) is 0 Å². The van der Waals surface area contributed by atoms with Gasteiger partial charge in [0.05, 0.1) is 6.20 Å². The second kappa shape index (κ2) is 7.00. The molecule has 1 atom stereocenters. The predicted molar refractivity (Wildman–Crippen MR) is 69.1 cm³/mol. The molecule has 1 aromatic rings. The first kappa shape index (κ1) is 14.5. The third-order valence-electron chi connectivity index (χ3n) is 3.01. The van der Waals surface area contributed by atoms with Gasteiger partial charge >= 0.3 is 6.03 Å². The molecule has 2 amide bonds. The zero-order valence-electron chi connectivity index (χ0n) is 11.2. The van der Waals surface area contributed by atoms with E-state index in [-0.39, 0.29) is 18.6 Å². The van der Waals surface area contributed by atoms with E-state index in [0.29, 0.717) is 19.5 Å². The van der Waals surface area contributed by atoms with E-state index in [1.807, 2.05) is 20.9 Å². The average Bonchev–Trinajstić information content (AvgIpc) is 2.65. The molecular weight excluding hydrogens is 232 g/mol. The Balaban J connectivity index is 2.27. The van der Waals surface area contributed by atoms with Gasteiger partial charge < -0.3 is 15.7 Å². The van der Waals surface area contributed by atoms with Crippen molar-refractivity contribution in [2.24, 2.45) is 13.0 Å². The molecule has 1 aromatic heterocycles. The highest BCUT2D eigenvalue weighted by molar-refractivity contribution is 5.73. The van der Waals surface area contributed by atoms with Crippen molar-refractivity contribution < 1.29 is 9.90 Å². The lowest BCUT2D eigenvalue weighted by Crippen LogP contribution is -2.37. The number of urea groups is 1. The van der Waals surface area contributed by atoms with Crippen LogP contribution in [0.2, 0.25) is 0 Å². The molecule has 6 nitrogen and oxygen atoms in total. The van der Waals surface area contributed by atoms with Crippen LogP contribution < -0.4 is 10.6 Å². The molecule has 0 fully saturated rings. The summed E-state index contributed by atoms with van der Waals surface area (Å²) in [6.07, 6.45) is 2.45. The second-order valence-corrected chi connectivity index (χ2v) is 4.56. The molecule has 0 aliphatic heterocycles. The third kappa shape index (κ3) is 4.37. The number of aryl methyl sites for hydroxylation is 1. The van der Waals surface area contributed by atoms with Gasteiger partial charge in [0.15, 0.2) is 0 Å². The number of rotatable bonds is 6. The fraction of sp³-hybridized carbons (Fsp3) is 0.667. The summed E-state index contributed by atoms with van der Waals surface area (Å²) in [7, 11) is 1.87. The van der Waals surface area contributed by atoms with Crippen LogP contribution in [0.5, 0.6) is 0 Å². The summed E-state index contributed by atoms with van der Waals surface area (Å²) in [5.41, 5.74) is 2.06. The van der Waals surface area contributed by atoms with Gasteiger partial charge in [-0.15, -0.1) is 0 Å². The van der Waals surface area contributed by atoms with Gasteiger partial charge in [0.2, 0.25) is 0 Å². The number of hydrogen-bond acceptors (Lipinski definition) is 3. The summed E-state index contributed by atoms with van der Waals surface area (Å²) in [5.74, 6) is 0.279. The Morgan fingerprint density at radius 1 is 1.56 bits per heavy atom. The van der Waals surface area contributed by atoms with Crippen LogP contribution in [-0.4, -0.2) is 34.1 Å². The van der Waals surface area contributed by atoms with E-state index >= 15 is 0 Å². The second-order valence-electron chi connectivity index (χ2n) is 4.56. The first-order valence-electron chi connectivity index (χ1n) is 6.14. The molecule has 0 aliphatic carbocycles. The van der Waals surface area contributed by atoms with E-state index in [1.165, 1.54) is 0 Å². The Morgan fingerprint density at radius 3 is 2.83 bits per heavy atom. The van der Waals surface area contributed by atoms with E-state index < -0.39 is 0 Å². The smallest absolute Gasteiger partial charge is 0.315 e. The number of hydrogen-bond donors (Lipinski definition) is 3. The number of aliphatic hydroxyl groups is 1. The molecule has 0 saturated heterocycles. The van der Waals surface area contributed by atoms with Crippen molar-refractivity contribution >= 4 is 6.03 Å². The minimum absolute atomic E-state index is 0.152. The summed E-state index contributed by atoms with van der Waals surface area (Å²) >= 11 is 0. The largest absolute Gasteiger partial charge is 0.396 e. The number of nitrogens with zero attached hydrogens (tertiary/aromatic N) is 2. The van der Waals surface area contributed by atoms with Gasteiger partial charge in [-0.2, -0.15) is 5.10 Å². The normalized spacial score (nSPS) is 12.2. The van der Waals surface area contributed by atoms with Crippen LogP contribution in [0.4, 0.5) is 4.79 Å². The van der Waals surface area contributed by atoms with Crippen LogP contribution >= 0.6 is 0 Å². The molecule has 102 valence electrons. The van der Waals surface area contributed by atoms with Crippen LogP contribution in [0.1, 0.15) is 24.6 Å². The molecular formula is C12H22N4O2. The topological polar surface area (TPSA) is 79.2 Å². The van der Waals surface area contributed by atoms with Gasteiger partial charge in [-0.3, -0.25) is 4.68 Å². The molecule has 0 bridgehead atoms. The summed E-state index contributed by atoms with van der Waals surface area (Å²) < 4.78 is 1.78. The molecule has 6 heteroatoms. The lowest BCUT2D eigenvalue weighted by molar-refractivity contribution is 0.233. The van der Waals surface area contributed by atoms with E-state index in [4.69, 9.17) is 5.11 Å². The molecule has 0 saturated carbocycles. The van der Waals surface area contributed by atoms with E-state index in [2.05, 4.69) is 15.7 Å². The fourth-order valence-corrected chi connectivity index (χ4v) is 1.55. The third-order valence-corrected chi connectivity index (χ3v) is 3.01. The van der Waals surface area contributed by atoms with Gasteiger partial charge in [0.1, 0.15) is 0 Å². The number of carbonyl (C=O) groups is 1. The molecule has 0 spiro atoms. The highest BCUT2D eigenvalue weighted by atomic mass is 16.3. The number of aliphatic hydroxyl groups excluding tert-OH is 1. The summed E-state index contributed by atoms with van der Waals surface area (Å²) in [6.45, 7) is 5.14. The van der Waals surface area contributed by atoms with Crippen molar-refractivity contribution in [3.8, 4) is 0 Å². The minimum Gasteiger partial charge on any atom is -0.396 e. The van der Waals surface area contributed by atoms with Crippen molar-refractivity contribution in [3.63, 3.8) is 0 Å². The summed E-state index contributed by atoms with van der Waals surface area (Å²) in [4.78, 5) is 11.5. The Hall–Kier alpha value is -1.56. The maximum Gasteiger partial charge on any atom is 0.315 e. The van der Waals surface area contributed by atoms with Crippen molar-refractivity contribution in [3.05, 3.63) is 17.5 Å². The zero-order valence-corrected chi connectivity index (χ0v) is 11.2. The van der Waals surface area contributed by atoms with Crippen LogP contribution in [0, 0.1) is 12.8 Å². The van der Waals surface area contributed by atoms with E-state index in [9.17, 15) is 4.79 Å². The average molecular weight is 254 g/mol. The van der Waals surface area contributed by atoms with Gasteiger partial charge in [0.25, 0.3) is 0 Å². The van der Waals surface area contributed by atoms with Crippen molar-refractivity contribution in [2.45, 2.75) is 26.8 Å². The number of carbonyl (C=O) groups excluding carboxylic acids is 1. The number of nitrogens with one attached hydrogen (secondary N) is 2. The summed E-state index contributed by atoms with van der Waals surface area (Å²) in [5, 5.41) is 18.4. The molecule has 0 aromatic carbocycles. The van der Waals surface area contributed by atoms with Crippen LogP contribution in [0.15, 0.2) is 6.20 Å². The Labute approximate surface area is 107 Å². The fourth-order valence-electron chi connectivity index (χ4n) is 1.55. The Kier molecular flexibility index (Phi) is 5.64. The Morgan fingerprint density at radius 2 is 2.28 bits per heavy atom. The monoisotopic (exact) mass is 254 g/mol. The lowest BCUT2D eigenvalue weighted by Gasteiger charge is -2.11. The SMILES string of the molecule is Cc1c(CNC(=O)NCC(C)CCO)cnn1C. The van der Waals surface area contributed by atoms with Gasteiger partial charge in [-0.1, -0.05) is 6.92 Å². The number of amides is 2. The number of aromatic nitrogens is 2. The first-order chi connectivity index (χ1) is 8.54. The molecule has 1 unspecified atom stereocenters. The van der Waals surface area contributed by atoms with Gasteiger partial charge in [0, 0.05) is 38.0 Å². The molecule has 3 N–H and O–H groups in total.